The molecule has 0 saturated heterocycles. The summed E-state index contributed by atoms with van der Waals surface area (Å²) >= 11 is 0. The number of nitro benzene ring substituents is 1. The first-order valence-corrected chi connectivity index (χ1v) is 7.22. The zero-order valence-corrected chi connectivity index (χ0v) is 14.0. The molecule has 15 heteroatoms. The molecule has 1 amide bonds. The van der Waals surface area contributed by atoms with Crippen LogP contribution in [-0.2, 0) is 18.0 Å². The highest BCUT2D eigenvalue weighted by atomic mass is 19.4. The van der Waals surface area contributed by atoms with Crippen molar-refractivity contribution in [2.24, 2.45) is 7.05 Å². The smallest absolute Gasteiger partial charge is 0.312 e. The SMILES string of the molecule is Cn1c(C(F)(F)F)cc(=O)n(-c2ccc(NC(=O)C(F)(F)F)c([N+](=O)[O-])c2)c1=O. The summed E-state index contributed by atoms with van der Waals surface area (Å²) in [6.07, 6.45) is -10.4. The van der Waals surface area contributed by atoms with Crippen molar-refractivity contribution in [3.63, 3.8) is 0 Å². The molecule has 2 rings (SSSR count). The number of carbonyl (C=O) groups excluding carboxylic acids is 1. The molecule has 0 fully saturated rings. The first-order valence-electron chi connectivity index (χ1n) is 7.22. The summed E-state index contributed by atoms with van der Waals surface area (Å²) in [4.78, 5) is 45.0. The van der Waals surface area contributed by atoms with Crippen LogP contribution in [0.5, 0.6) is 0 Å². The number of alkyl halides is 6. The first-order chi connectivity index (χ1) is 13.1. The molecule has 9 nitrogen and oxygen atoms in total. The fourth-order valence-corrected chi connectivity index (χ4v) is 2.24. The molecular weight excluding hydrogens is 418 g/mol. The van der Waals surface area contributed by atoms with Crippen molar-refractivity contribution in [3.8, 4) is 5.69 Å². The molecule has 1 heterocycles. The Kier molecular flexibility index (Phi) is 5.27. The van der Waals surface area contributed by atoms with Gasteiger partial charge >= 0.3 is 23.9 Å². The fourth-order valence-electron chi connectivity index (χ4n) is 2.24. The zero-order valence-electron chi connectivity index (χ0n) is 14.0. The average Bonchev–Trinajstić information content (AvgIpc) is 2.57. The normalized spacial score (nSPS) is 12.0. The Hall–Kier alpha value is -3.65. The van der Waals surface area contributed by atoms with Crippen molar-refractivity contribution in [2.75, 3.05) is 5.32 Å². The molecule has 156 valence electrons. The topological polar surface area (TPSA) is 116 Å². The van der Waals surface area contributed by atoms with E-state index in [9.17, 15) is 50.8 Å². The van der Waals surface area contributed by atoms with Gasteiger partial charge in [0.1, 0.15) is 11.4 Å². The molecule has 0 unspecified atom stereocenters. The van der Waals surface area contributed by atoms with Crippen molar-refractivity contribution in [3.05, 3.63) is 60.9 Å². The van der Waals surface area contributed by atoms with Crippen LogP contribution < -0.4 is 16.6 Å². The first kappa shape index (κ1) is 21.6. The Balaban J connectivity index is 2.67. The number of anilines is 1. The summed E-state index contributed by atoms with van der Waals surface area (Å²) in [5.74, 6) is -2.52. The lowest BCUT2D eigenvalue weighted by Crippen LogP contribution is -2.40. The number of halogens is 6. The zero-order chi connectivity index (χ0) is 22.3. The minimum Gasteiger partial charge on any atom is -0.312 e. The van der Waals surface area contributed by atoms with Crippen molar-refractivity contribution in [1.82, 2.24) is 9.13 Å². The monoisotopic (exact) mass is 426 g/mol. The van der Waals surface area contributed by atoms with E-state index in [0.717, 1.165) is 6.07 Å². The molecule has 0 aliphatic carbocycles. The van der Waals surface area contributed by atoms with Crippen LogP contribution >= 0.6 is 0 Å². The Bertz CT molecular complexity index is 1120. The van der Waals surface area contributed by atoms with E-state index in [1.165, 1.54) is 5.32 Å². The molecule has 0 spiro atoms. The maximum atomic E-state index is 12.9. The molecule has 0 saturated carbocycles. The van der Waals surface area contributed by atoms with Gasteiger partial charge in [0.15, 0.2) is 0 Å². The molecule has 0 radical (unpaired) electrons. The van der Waals surface area contributed by atoms with Gasteiger partial charge in [-0.1, -0.05) is 0 Å². The van der Waals surface area contributed by atoms with Crippen LogP contribution in [0.4, 0.5) is 37.7 Å². The number of hydrogen-bond acceptors (Lipinski definition) is 5. The second kappa shape index (κ2) is 7.06. The van der Waals surface area contributed by atoms with Gasteiger partial charge in [-0.25, -0.2) is 9.36 Å². The van der Waals surface area contributed by atoms with Crippen molar-refractivity contribution >= 4 is 17.3 Å². The van der Waals surface area contributed by atoms with E-state index in [-0.39, 0.29) is 15.2 Å². The summed E-state index contributed by atoms with van der Waals surface area (Å²) in [7, 11) is 0.702. The average molecular weight is 426 g/mol. The molecule has 0 bridgehead atoms. The van der Waals surface area contributed by atoms with Crippen LogP contribution in [0.2, 0.25) is 0 Å². The lowest BCUT2D eigenvalue weighted by Gasteiger charge is -2.14. The predicted octanol–water partition coefficient (Wildman–Crippen LogP) is 1.96. The molecular formula is C14H8F6N4O5. The number of amides is 1. The van der Waals surface area contributed by atoms with Gasteiger partial charge in [-0.2, -0.15) is 26.3 Å². The van der Waals surface area contributed by atoms with Crippen LogP contribution in [0, 0.1) is 10.1 Å². The quantitative estimate of drug-likeness (QED) is 0.458. The molecule has 29 heavy (non-hydrogen) atoms. The molecule has 1 aromatic carbocycles. The second-order valence-corrected chi connectivity index (χ2v) is 5.45. The highest BCUT2D eigenvalue weighted by molar-refractivity contribution is 5.97. The lowest BCUT2D eigenvalue weighted by atomic mass is 10.2. The van der Waals surface area contributed by atoms with E-state index in [1.807, 2.05) is 0 Å². The fraction of sp³-hybridized carbons (Fsp3) is 0.214. The van der Waals surface area contributed by atoms with Crippen LogP contribution in [-0.4, -0.2) is 26.1 Å². The number of benzene rings is 1. The standard InChI is InChI=1S/C14H8F6N4O5/c1-22-9(13(15,16)17)5-10(25)23(12(22)27)6-2-3-7(8(4-6)24(28)29)21-11(26)14(18,19)20/h2-5H,1H3,(H,21,26). The number of nitrogens with zero attached hydrogens (tertiary/aromatic N) is 3. The van der Waals surface area contributed by atoms with Crippen molar-refractivity contribution in [1.29, 1.82) is 0 Å². The number of carbonyl (C=O) groups is 1. The molecule has 2 aromatic rings. The summed E-state index contributed by atoms with van der Waals surface area (Å²) in [5, 5.41) is 12.4. The third-order valence-electron chi connectivity index (χ3n) is 3.55. The number of rotatable bonds is 3. The number of nitrogens with one attached hydrogen (secondary N) is 1. The Morgan fingerprint density at radius 1 is 1.10 bits per heavy atom. The van der Waals surface area contributed by atoms with Gasteiger partial charge in [0.05, 0.1) is 10.6 Å². The Labute approximate surface area is 154 Å². The summed E-state index contributed by atoms with van der Waals surface area (Å²) in [5.41, 5.74) is -7.20. The number of nitro groups is 1. The maximum Gasteiger partial charge on any atom is 0.471 e. The van der Waals surface area contributed by atoms with E-state index in [4.69, 9.17) is 0 Å². The minimum atomic E-state index is -5.35. The molecule has 0 aliphatic rings. The molecule has 1 aromatic heterocycles. The van der Waals surface area contributed by atoms with E-state index in [0.29, 0.717) is 19.2 Å². The van der Waals surface area contributed by atoms with Gasteiger partial charge in [-0.3, -0.25) is 24.3 Å². The molecule has 0 aliphatic heterocycles. The third-order valence-corrected chi connectivity index (χ3v) is 3.55. The van der Waals surface area contributed by atoms with Crippen LogP contribution in [0.15, 0.2) is 33.9 Å². The highest BCUT2D eigenvalue weighted by Crippen LogP contribution is 2.29. The van der Waals surface area contributed by atoms with E-state index >= 15 is 0 Å². The summed E-state index contributed by atoms with van der Waals surface area (Å²) in [6, 6.07) is 1.88. The third kappa shape index (κ3) is 4.27. The molecule has 0 atom stereocenters. The molecule has 1 N–H and O–H groups in total. The predicted molar refractivity (Wildman–Crippen MR) is 83.6 cm³/mol. The number of hydrogen-bond donors (Lipinski definition) is 1. The lowest BCUT2D eigenvalue weighted by molar-refractivity contribution is -0.383. The Morgan fingerprint density at radius 2 is 1.69 bits per heavy atom. The van der Waals surface area contributed by atoms with Gasteiger partial charge in [-0.15, -0.1) is 0 Å². The van der Waals surface area contributed by atoms with Crippen LogP contribution in [0.25, 0.3) is 5.69 Å². The van der Waals surface area contributed by atoms with Gasteiger partial charge in [0.25, 0.3) is 11.2 Å². The minimum absolute atomic E-state index is 0.0760. The Morgan fingerprint density at radius 3 is 2.17 bits per heavy atom. The van der Waals surface area contributed by atoms with Gasteiger partial charge in [-0.05, 0) is 12.1 Å². The maximum absolute atomic E-state index is 12.9. The van der Waals surface area contributed by atoms with Gasteiger partial charge in [0.2, 0.25) is 0 Å². The van der Waals surface area contributed by atoms with Crippen molar-refractivity contribution in [2.45, 2.75) is 12.4 Å². The second-order valence-electron chi connectivity index (χ2n) is 5.45. The highest BCUT2D eigenvalue weighted by Gasteiger charge is 2.40. The number of aromatic nitrogens is 2. The largest absolute Gasteiger partial charge is 0.471 e. The van der Waals surface area contributed by atoms with Crippen molar-refractivity contribution < 1.29 is 36.1 Å². The van der Waals surface area contributed by atoms with Gasteiger partial charge < -0.3 is 5.32 Å². The summed E-state index contributed by atoms with van der Waals surface area (Å²) in [6.45, 7) is 0. The van der Waals surface area contributed by atoms with E-state index < -0.39 is 57.2 Å². The summed E-state index contributed by atoms with van der Waals surface area (Å²) < 4.78 is 75.8. The van der Waals surface area contributed by atoms with Gasteiger partial charge in [0, 0.05) is 19.2 Å². The van der Waals surface area contributed by atoms with Crippen LogP contribution in [0.3, 0.4) is 0 Å². The van der Waals surface area contributed by atoms with E-state index in [1.54, 1.807) is 0 Å². The van der Waals surface area contributed by atoms with E-state index in [2.05, 4.69) is 0 Å². The van der Waals surface area contributed by atoms with Crippen LogP contribution in [0.1, 0.15) is 5.69 Å².